The van der Waals surface area contributed by atoms with Crippen molar-refractivity contribution in [1.29, 1.82) is 0 Å². The summed E-state index contributed by atoms with van der Waals surface area (Å²) in [4.78, 5) is 42.4. The molecule has 0 bridgehead atoms. The smallest absolute Gasteiger partial charge is 0.307 e. The highest BCUT2D eigenvalue weighted by atomic mass is 16.6. The molecule has 0 saturated carbocycles. The Hall–Kier alpha value is -1.87. The summed E-state index contributed by atoms with van der Waals surface area (Å²) >= 11 is 0. The van der Waals surface area contributed by atoms with Crippen LogP contribution in [0.15, 0.2) is 0 Å². The van der Waals surface area contributed by atoms with E-state index in [-0.39, 0.29) is 76.8 Å². The molecular formula is C26H47N3O10. The Labute approximate surface area is 230 Å². The van der Waals surface area contributed by atoms with E-state index in [1.54, 1.807) is 0 Å². The predicted molar refractivity (Wildman–Crippen MR) is 140 cm³/mol. The molecule has 0 aromatic heterocycles. The van der Waals surface area contributed by atoms with E-state index in [1.807, 2.05) is 6.92 Å². The first-order chi connectivity index (χ1) is 18.7. The number of esters is 3. The molecule has 0 radical (unpaired) electrons. The molecule has 0 aromatic carbocycles. The standard InChI is InChI=1S/C20H33N3O7.C6H14O3/c24-13-20(14-28-17(25)1-4-21-7-8-21,15-29-18(26)2-5-22-9-10-22)16-30-19(27)3-6-23-11-12-23;1-2-6(3-7,4-8)5-9/h24H,1-16H2;7-9H,2-5H2,1H3. The number of nitrogens with zero attached hydrogens (tertiary/aromatic N) is 3. The van der Waals surface area contributed by atoms with Crippen LogP contribution in [-0.4, -0.2) is 158 Å². The average Bonchev–Trinajstić information content (AvgIpc) is 3.79. The lowest BCUT2D eigenvalue weighted by Crippen LogP contribution is -2.42. The highest BCUT2D eigenvalue weighted by molar-refractivity contribution is 5.70. The average molecular weight is 562 g/mol. The molecule has 4 N–H and O–H groups in total. The zero-order valence-corrected chi connectivity index (χ0v) is 23.2. The Kier molecular flexibility index (Phi) is 14.6. The lowest BCUT2D eigenvalue weighted by Gasteiger charge is -2.30. The van der Waals surface area contributed by atoms with Gasteiger partial charge < -0.3 is 49.3 Å². The van der Waals surface area contributed by atoms with Gasteiger partial charge in [0.25, 0.3) is 0 Å². The fourth-order valence-electron chi connectivity index (χ4n) is 3.30. The normalized spacial score (nSPS) is 17.2. The molecule has 0 atom stereocenters. The molecule has 3 saturated heterocycles. The SMILES string of the molecule is CCC(CO)(CO)CO.O=C(CCN1CC1)OCC(CO)(COC(=O)CCN1CC1)COC(=O)CCN1CC1. The first kappa shape index (κ1) is 33.3. The van der Waals surface area contributed by atoms with Gasteiger partial charge in [0.15, 0.2) is 0 Å². The van der Waals surface area contributed by atoms with Crippen molar-refractivity contribution in [1.82, 2.24) is 14.7 Å². The van der Waals surface area contributed by atoms with E-state index in [0.29, 0.717) is 26.1 Å². The fourth-order valence-corrected chi connectivity index (χ4v) is 3.30. The molecule has 3 heterocycles. The number of aliphatic hydroxyl groups excluding tert-OH is 4. The van der Waals surface area contributed by atoms with Crippen molar-refractivity contribution in [2.45, 2.75) is 32.6 Å². The van der Waals surface area contributed by atoms with Gasteiger partial charge in [0.2, 0.25) is 0 Å². The van der Waals surface area contributed by atoms with Gasteiger partial charge in [-0.05, 0) is 6.42 Å². The quantitative estimate of drug-likeness (QED) is 0.0737. The van der Waals surface area contributed by atoms with Crippen molar-refractivity contribution in [3.05, 3.63) is 0 Å². The van der Waals surface area contributed by atoms with Gasteiger partial charge >= 0.3 is 17.9 Å². The van der Waals surface area contributed by atoms with Crippen molar-refractivity contribution in [3.63, 3.8) is 0 Å². The molecule has 3 aliphatic heterocycles. The Morgan fingerprint density at radius 2 is 0.846 bits per heavy atom. The van der Waals surface area contributed by atoms with Crippen LogP contribution >= 0.6 is 0 Å². The maximum Gasteiger partial charge on any atom is 0.307 e. The third-order valence-corrected chi connectivity index (χ3v) is 7.23. The molecule has 0 aromatic rings. The summed E-state index contributed by atoms with van der Waals surface area (Å²) in [5.41, 5.74) is -1.83. The number of hydrogen-bond donors (Lipinski definition) is 4. The van der Waals surface area contributed by atoms with Crippen molar-refractivity contribution < 1.29 is 49.0 Å². The van der Waals surface area contributed by atoms with Gasteiger partial charge in [0.1, 0.15) is 19.8 Å². The molecule has 226 valence electrons. The first-order valence-corrected chi connectivity index (χ1v) is 13.8. The third-order valence-electron chi connectivity index (χ3n) is 7.23. The van der Waals surface area contributed by atoms with Gasteiger partial charge in [-0.15, -0.1) is 0 Å². The van der Waals surface area contributed by atoms with Gasteiger partial charge in [0.05, 0.1) is 51.1 Å². The highest BCUT2D eigenvalue weighted by Crippen LogP contribution is 2.21. The third kappa shape index (κ3) is 13.8. The molecular weight excluding hydrogens is 514 g/mol. The first-order valence-electron chi connectivity index (χ1n) is 13.8. The maximum atomic E-state index is 12.0. The second-order valence-corrected chi connectivity index (χ2v) is 10.7. The summed E-state index contributed by atoms with van der Waals surface area (Å²) in [6.07, 6.45) is 1.36. The van der Waals surface area contributed by atoms with Crippen LogP contribution in [0.2, 0.25) is 0 Å². The van der Waals surface area contributed by atoms with E-state index >= 15 is 0 Å². The minimum atomic E-state index is -1.17. The summed E-state index contributed by atoms with van der Waals surface area (Å²) in [5, 5.41) is 36.0. The van der Waals surface area contributed by atoms with Gasteiger partial charge in [0, 0.05) is 64.3 Å². The van der Waals surface area contributed by atoms with Crippen molar-refractivity contribution >= 4 is 17.9 Å². The highest BCUT2D eigenvalue weighted by Gasteiger charge is 2.36. The van der Waals surface area contributed by atoms with Gasteiger partial charge in [-0.3, -0.25) is 14.4 Å². The monoisotopic (exact) mass is 561 g/mol. The van der Waals surface area contributed by atoms with Crippen LogP contribution in [0.25, 0.3) is 0 Å². The van der Waals surface area contributed by atoms with E-state index in [0.717, 1.165) is 39.3 Å². The Balaban J connectivity index is 0.000000510. The van der Waals surface area contributed by atoms with E-state index in [1.165, 1.54) is 0 Å². The Morgan fingerprint density at radius 3 is 1.03 bits per heavy atom. The van der Waals surface area contributed by atoms with Crippen LogP contribution in [0.5, 0.6) is 0 Å². The van der Waals surface area contributed by atoms with Gasteiger partial charge in [-0.25, -0.2) is 0 Å². The zero-order valence-electron chi connectivity index (χ0n) is 23.2. The fraction of sp³-hybridized carbons (Fsp3) is 0.885. The number of hydrogen-bond acceptors (Lipinski definition) is 13. The van der Waals surface area contributed by atoms with Crippen LogP contribution in [0, 0.1) is 10.8 Å². The molecule has 3 aliphatic rings. The van der Waals surface area contributed by atoms with Crippen molar-refractivity contribution in [2.75, 3.05) is 105 Å². The van der Waals surface area contributed by atoms with Crippen LogP contribution in [0.1, 0.15) is 32.6 Å². The number of carbonyl (C=O) groups excluding carboxylic acids is 3. The summed E-state index contributed by atoms with van der Waals surface area (Å²) in [6, 6.07) is 0. The number of ether oxygens (including phenoxy) is 3. The largest absolute Gasteiger partial charge is 0.465 e. The molecule has 13 nitrogen and oxygen atoms in total. The molecule has 0 spiro atoms. The lowest BCUT2D eigenvalue weighted by molar-refractivity contribution is -0.165. The Bertz CT molecular complexity index is 656. The Morgan fingerprint density at radius 1 is 0.564 bits per heavy atom. The molecule has 3 rings (SSSR count). The van der Waals surface area contributed by atoms with E-state index in [4.69, 9.17) is 29.5 Å². The summed E-state index contributed by atoms with van der Waals surface area (Å²) in [5.74, 6) is -1.17. The lowest BCUT2D eigenvalue weighted by atomic mass is 9.88. The number of carbonyl (C=O) groups is 3. The molecule has 39 heavy (non-hydrogen) atoms. The minimum Gasteiger partial charge on any atom is -0.465 e. The second-order valence-electron chi connectivity index (χ2n) is 10.7. The molecule has 0 unspecified atom stereocenters. The summed E-state index contributed by atoms with van der Waals surface area (Å²) in [6.45, 7) is 8.27. The van der Waals surface area contributed by atoms with Crippen LogP contribution in [0.4, 0.5) is 0 Å². The van der Waals surface area contributed by atoms with Crippen LogP contribution < -0.4 is 0 Å². The van der Waals surface area contributed by atoms with E-state index < -0.39 is 17.4 Å². The second kappa shape index (κ2) is 17.1. The number of aliphatic hydroxyl groups is 4. The maximum absolute atomic E-state index is 12.0. The van der Waals surface area contributed by atoms with Gasteiger partial charge in [-0.2, -0.15) is 0 Å². The predicted octanol–water partition coefficient (Wildman–Crippen LogP) is -1.93. The van der Waals surface area contributed by atoms with Crippen LogP contribution in [0.3, 0.4) is 0 Å². The van der Waals surface area contributed by atoms with E-state index in [2.05, 4.69) is 14.7 Å². The van der Waals surface area contributed by atoms with Crippen molar-refractivity contribution in [3.8, 4) is 0 Å². The number of rotatable bonds is 20. The molecule has 3 fully saturated rings. The molecule has 0 aliphatic carbocycles. The summed E-state index contributed by atoms with van der Waals surface area (Å²) in [7, 11) is 0. The zero-order chi connectivity index (χ0) is 28.7. The topological polar surface area (TPSA) is 169 Å². The summed E-state index contributed by atoms with van der Waals surface area (Å²) < 4.78 is 16.0. The van der Waals surface area contributed by atoms with Gasteiger partial charge in [-0.1, -0.05) is 6.92 Å². The minimum absolute atomic E-state index is 0.156. The van der Waals surface area contributed by atoms with Crippen molar-refractivity contribution in [2.24, 2.45) is 10.8 Å². The van der Waals surface area contributed by atoms with Crippen LogP contribution in [-0.2, 0) is 28.6 Å². The van der Waals surface area contributed by atoms with E-state index in [9.17, 15) is 19.5 Å². The molecule has 0 amide bonds. The molecule has 13 heteroatoms.